The van der Waals surface area contributed by atoms with Crippen molar-refractivity contribution >= 4 is 5.91 Å². The average Bonchev–Trinajstić information content (AvgIpc) is 3.17. The quantitative estimate of drug-likeness (QED) is 0.759. The van der Waals surface area contributed by atoms with Gasteiger partial charge >= 0.3 is 0 Å². The molecule has 1 atom stereocenters. The summed E-state index contributed by atoms with van der Waals surface area (Å²) < 4.78 is 1.78. The van der Waals surface area contributed by atoms with Gasteiger partial charge in [-0.1, -0.05) is 5.21 Å². The molecule has 124 valence electrons. The van der Waals surface area contributed by atoms with E-state index in [-0.39, 0.29) is 24.0 Å². The third-order valence-corrected chi connectivity index (χ3v) is 4.21. The minimum Gasteiger partial charge on any atom is -0.341 e. The number of nitrogens with two attached hydrogens (primary N) is 1. The van der Waals surface area contributed by atoms with Gasteiger partial charge in [-0.3, -0.25) is 9.89 Å². The van der Waals surface area contributed by atoms with Gasteiger partial charge in [-0.05, 0) is 39.5 Å². The van der Waals surface area contributed by atoms with Gasteiger partial charge in [-0.15, -0.1) is 5.10 Å². The van der Waals surface area contributed by atoms with Gasteiger partial charge in [0, 0.05) is 6.04 Å². The van der Waals surface area contributed by atoms with Gasteiger partial charge in [0.15, 0.2) is 11.5 Å². The van der Waals surface area contributed by atoms with Crippen LogP contribution in [0.25, 0.3) is 0 Å². The summed E-state index contributed by atoms with van der Waals surface area (Å²) in [6, 6.07) is 0.255. The Morgan fingerprint density at radius 2 is 2.17 bits per heavy atom. The van der Waals surface area contributed by atoms with Crippen LogP contribution in [0.1, 0.15) is 66.8 Å². The van der Waals surface area contributed by atoms with Crippen molar-refractivity contribution in [1.82, 2.24) is 35.5 Å². The van der Waals surface area contributed by atoms with E-state index < -0.39 is 0 Å². The maximum atomic E-state index is 12.3. The molecule has 1 aliphatic carbocycles. The molecular formula is C14H22N8O. The fraction of sp³-hybridized carbons (Fsp3) is 0.643. The number of nitrogens with zero attached hydrogens (tertiary/aromatic N) is 5. The maximum Gasteiger partial charge on any atom is 0.274 e. The maximum absolute atomic E-state index is 12.3. The number of hydrogen-bond donors (Lipinski definition) is 3. The lowest BCUT2D eigenvalue weighted by atomic mass is 9.92. The average molecular weight is 318 g/mol. The Labute approximate surface area is 134 Å². The number of carbonyl (C=O) groups is 1. The molecule has 0 bridgehead atoms. The molecule has 0 aliphatic heterocycles. The summed E-state index contributed by atoms with van der Waals surface area (Å²) in [6.07, 6.45) is 5.60. The second-order valence-corrected chi connectivity index (χ2v) is 6.13. The van der Waals surface area contributed by atoms with Crippen molar-refractivity contribution in [1.29, 1.82) is 0 Å². The van der Waals surface area contributed by atoms with Gasteiger partial charge < -0.3 is 11.1 Å². The number of aryl methyl sites for hydroxylation is 1. The largest absolute Gasteiger partial charge is 0.341 e. The molecule has 2 aromatic rings. The SMILES string of the molecule is Cc1nc(C(C)NC(=O)c2cn(C3CCC(N)CC3)nn2)n[nH]1. The van der Waals surface area contributed by atoms with E-state index in [4.69, 9.17) is 5.73 Å². The number of amides is 1. The Balaban J connectivity index is 1.62. The highest BCUT2D eigenvalue weighted by molar-refractivity contribution is 5.92. The second-order valence-electron chi connectivity index (χ2n) is 6.13. The smallest absolute Gasteiger partial charge is 0.274 e. The minimum atomic E-state index is -0.301. The van der Waals surface area contributed by atoms with Crippen molar-refractivity contribution in [2.75, 3.05) is 0 Å². The highest BCUT2D eigenvalue weighted by atomic mass is 16.2. The topological polar surface area (TPSA) is 127 Å². The lowest BCUT2D eigenvalue weighted by Crippen LogP contribution is -2.28. The molecule has 0 spiro atoms. The third kappa shape index (κ3) is 3.55. The Bertz CT molecular complexity index is 670. The Kier molecular flexibility index (Phi) is 4.37. The summed E-state index contributed by atoms with van der Waals surface area (Å²) in [6.45, 7) is 3.64. The van der Waals surface area contributed by atoms with Gasteiger partial charge in [-0.2, -0.15) is 5.10 Å². The van der Waals surface area contributed by atoms with Crippen molar-refractivity contribution in [3.63, 3.8) is 0 Å². The van der Waals surface area contributed by atoms with Crippen molar-refractivity contribution in [2.24, 2.45) is 5.73 Å². The summed E-state index contributed by atoms with van der Waals surface area (Å²) in [5.74, 6) is 0.978. The molecular weight excluding hydrogens is 296 g/mol. The lowest BCUT2D eigenvalue weighted by Gasteiger charge is -2.25. The van der Waals surface area contributed by atoms with Gasteiger partial charge in [0.2, 0.25) is 0 Å². The number of rotatable bonds is 4. The molecule has 4 N–H and O–H groups in total. The van der Waals surface area contributed by atoms with Crippen LogP contribution in [0.15, 0.2) is 6.20 Å². The van der Waals surface area contributed by atoms with Crippen molar-refractivity contribution in [3.05, 3.63) is 23.5 Å². The second kappa shape index (κ2) is 6.45. The predicted molar refractivity (Wildman–Crippen MR) is 82.5 cm³/mol. The van der Waals surface area contributed by atoms with E-state index in [9.17, 15) is 4.79 Å². The van der Waals surface area contributed by atoms with Crippen LogP contribution in [-0.2, 0) is 0 Å². The number of nitrogens with one attached hydrogen (secondary N) is 2. The number of hydrogen-bond acceptors (Lipinski definition) is 6. The van der Waals surface area contributed by atoms with Crippen molar-refractivity contribution in [3.8, 4) is 0 Å². The molecule has 3 rings (SSSR count). The summed E-state index contributed by atoms with van der Waals surface area (Å²) in [4.78, 5) is 16.5. The van der Waals surface area contributed by atoms with Crippen LogP contribution < -0.4 is 11.1 Å². The Morgan fingerprint density at radius 1 is 1.43 bits per heavy atom. The minimum absolute atomic E-state index is 0.275. The molecule has 1 aliphatic rings. The normalized spacial score (nSPS) is 22.7. The van der Waals surface area contributed by atoms with Crippen LogP contribution in [0, 0.1) is 6.92 Å². The highest BCUT2D eigenvalue weighted by Crippen LogP contribution is 2.26. The lowest BCUT2D eigenvalue weighted by molar-refractivity contribution is 0.0933. The number of H-pyrrole nitrogens is 1. The van der Waals surface area contributed by atoms with Crippen LogP contribution in [0.5, 0.6) is 0 Å². The summed E-state index contributed by atoms with van der Waals surface area (Å²) >= 11 is 0. The van der Waals surface area contributed by atoms with E-state index in [1.807, 2.05) is 13.8 Å². The molecule has 2 heterocycles. The molecule has 9 heteroatoms. The number of carbonyl (C=O) groups excluding carboxylic acids is 1. The third-order valence-electron chi connectivity index (χ3n) is 4.21. The first kappa shape index (κ1) is 15.6. The molecule has 0 saturated heterocycles. The summed E-state index contributed by atoms with van der Waals surface area (Å²) in [7, 11) is 0. The number of aromatic nitrogens is 6. The Morgan fingerprint density at radius 3 is 2.83 bits per heavy atom. The molecule has 2 aromatic heterocycles. The van der Waals surface area contributed by atoms with Crippen LogP contribution in [0.3, 0.4) is 0 Å². The van der Waals surface area contributed by atoms with Crippen LogP contribution in [-0.4, -0.2) is 42.1 Å². The predicted octanol–water partition coefficient (Wildman–Crippen LogP) is 0.638. The molecule has 23 heavy (non-hydrogen) atoms. The zero-order valence-electron chi connectivity index (χ0n) is 13.4. The van der Waals surface area contributed by atoms with Gasteiger partial charge in [-0.25, -0.2) is 9.67 Å². The van der Waals surface area contributed by atoms with E-state index in [2.05, 4.69) is 30.8 Å². The van der Waals surface area contributed by atoms with Gasteiger partial charge in [0.1, 0.15) is 5.82 Å². The first-order chi connectivity index (χ1) is 11.0. The molecule has 0 radical (unpaired) electrons. The van der Waals surface area contributed by atoms with Crippen LogP contribution >= 0.6 is 0 Å². The van der Waals surface area contributed by atoms with Gasteiger partial charge in [0.25, 0.3) is 5.91 Å². The zero-order valence-corrected chi connectivity index (χ0v) is 13.4. The summed E-state index contributed by atoms with van der Waals surface area (Å²) in [5, 5.41) is 17.7. The number of aromatic amines is 1. The highest BCUT2D eigenvalue weighted by Gasteiger charge is 2.23. The molecule has 1 unspecified atom stereocenters. The van der Waals surface area contributed by atoms with E-state index in [0.717, 1.165) is 25.7 Å². The van der Waals surface area contributed by atoms with E-state index in [1.165, 1.54) is 0 Å². The Hall–Kier alpha value is -2.29. The first-order valence-electron chi connectivity index (χ1n) is 7.90. The van der Waals surface area contributed by atoms with Crippen LogP contribution in [0.4, 0.5) is 0 Å². The first-order valence-corrected chi connectivity index (χ1v) is 7.90. The fourth-order valence-corrected chi connectivity index (χ4v) is 2.81. The standard InChI is InChI=1S/C14H22N8O/c1-8(13-17-9(2)18-20-13)16-14(23)12-7-22(21-19-12)11-5-3-10(15)4-6-11/h7-8,10-11H,3-6,15H2,1-2H3,(H,16,23)(H,17,18,20). The molecule has 1 fully saturated rings. The molecule has 0 aromatic carbocycles. The van der Waals surface area contributed by atoms with E-state index in [1.54, 1.807) is 10.9 Å². The van der Waals surface area contributed by atoms with E-state index in [0.29, 0.717) is 17.3 Å². The molecule has 1 amide bonds. The monoisotopic (exact) mass is 318 g/mol. The van der Waals surface area contributed by atoms with Crippen molar-refractivity contribution in [2.45, 2.75) is 57.7 Å². The van der Waals surface area contributed by atoms with E-state index >= 15 is 0 Å². The van der Waals surface area contributed by atoms with Gasteiger partial charge in [0.05, 0.1) is 18.3 Å². The zero-order chi connectivity index (χ0) is 16.4. The summed E-state index contributed by atoms with van der Waals surface area (Å²) in [5.41, 5.74) is 6.22. The fourth-order valence-electron chi connectivity index (χ4n) is 2.81. The molecule has 1 saturated carbocycles. The molecule has 9 nitrogen and oxygen atoms in total. The van der Waals surface area contributed by atoms with Crippen LogP contribution in [0.2, 0.25) is 0 Å². The van der Waals surface area contributed by atoms with Crippen molar-refractivity contribution < 1.29 is 4.79 Å².